The van der Waals surface area contributed by atoms with Gasteiger partial charge in [0, 0.05) is 17.8 Å². The lowest BCUT2D eigenvalue weighted by molar-refractivity contribution is -0.120. The summed E-state index contributed by atoms with van der Waals surface area (Å²) in [5.74, 6) is -0.824. The highest BCUT2D eigenvalue weighted by molar-refractivity contribution is 6.03. The van der Waals surface area contributed by atoms with Crippen LogP contribution in [0, 0.1) is 0 Å². The number of hydrogen-bond donors (Lipinski definition) is 1. The number of fused-ring (bicyclic) bond motifs is 1. The van der Waals surface area contributed by atoms with Gasteiger partial charge in [-0.25, -0.2) is 4.79 Å². The number of hydrogen-bond acceptors (Lipinski definition) is 4. The smallest absolute Gasteiger partial charge is 0.338 e. The lowest BCUT2D eigenvalue weighted by Crippen LogP contribution is -2.42. The topological polar surface area (TPSA) is 75.7 Å². The minimum Gasteiger partial charge on any atom is -0.462 e. The normalized spacial score (nSPS) is 13.9. The summed E-state index contributed by atoms with van der Waals surface area (Å²) in [7, 11) is 0. The van der Waals surface area contributed by atoms with E-state index in [1.165, 1.54) is 0 Å². The highest BCUT2D eigenvalue weighted by Gasteiger charge is 2.33. The Morgan fingerprint density at radius 2 is 1.85 bits per heavy atom. The number of nitrogens with zero attached hydrogens (tertiary/aromatic N) is 1. The number of amides is 2. The molecule has 0 unspecified atom stereocenters. The summed E-state index contributed by atoms with van der Waals surface area (Å²) in [6.07, 6.45) is 0. The molecule has 6 nitrogen and oxygen atoms in total. The zero-order valence-corrected chi connectivity index (χ0v) is 14.7. The van der Waals surface area contributed by atoms with Gasteiger partial charge in [-0.15, -0.1) is 0 Å². The van der Waals surface area contributed by atoms with Crippen molar-refractivity contribution in [3.63, 3.8) is 0 Å². The molecule has 1 atom stereocenters. The molecule has 3 rings (SSSR count). The van der Waals surface area contributed by atoms with Crippen LogP contribution in [0.15, 0.2) is 48.5 Å². The third-order valence-corrected chi connectivity index (χ3v) is 4.36. The van der Waals surface area contributed by atoms with Crippen molar-refractivity contribution in [2.24, 2.45) is 0 Å². The maximum atomic E-state index is 12.5. The second kappa shape index (κ2) is 7.39. The standard InChI is InChI=1S/C20H20N2O4/c1-3-26-20(25)14-8-10-16(11-9-14)21-18(23)13(2)22-12-15-6-4-5-7-17(15)19(22)24/h4-11,13H,3,12H2,1-2H3,(H,21,23)/t13-/m1/s1. The molecule has 0 bridgehead atoms. The number of anilines is 1. The Morgan fingerprint density at radius 1 is 1.15 bits per heavy atom. The predicted molar refractivity (Wildman–Crippen MR) is 96.8 cm³/mol. The summed E-state index contributed by atoms with van der Waals surface area (Å²) in [5, 5.41) is 2.78. The van der Waals surface area contributed by atoms with Crippen molar-refractivity contribution in [1.82, 2.24) is 4.90 Å². The van der Waals surface area contributed by atoms with Crippen LogP contribution in [0.4, 0.5) is 5.69 Å². The van der Waals surface area contributed by atoms with Gasteiger partial charge in [-0.2, -0.15) is 0 Å². The van der Waals surface area contributed by atoms with Gasteiger partial charge in [0.05, 0.1) is 12.2 Å². The van der Waals surface area contributed by atoms with E-state index in [9.17, 15) is 14.4 Å². The average Bonchev–Trinajstić information content (AvgIpc) is 2.99. The van der Waals surface area contributed by atoms with E-state index in [-0.39, 0.29) is 11.8 Å². The largest absolute Gasteiger partial charge is 0.462 e. The van der Waals surface area contributed by atoms with Crippen LogP contribution in [0.2, 0.25) is 0 Å². The fourth-order valence-corrected chi connectivity index (χ4v) is 2.88. The Balaban J connectivity index is 1.65. The SMILES string of the molecule is CCOC(=O)c1ccc(NC(=O)[C@@H](C)N2Cc3ccccc3C2=O)cc1. The quantitative estimate of drug-likeness (QED) is 0.840. The zero-order valence-electron chi connectivity index (χ0n) is 14.7. The minimum atomic E-state index is -0.611. The van der Waals surface area contributed by atoms with Gasteiger partial charge in [-0.05, 0) is 49.7 Å². The molecule has 0 saturated carbocycles. The first-order valence-corrected chi connectivity index (χ1v) is 8.48. The summed E-state index contributed by atoms with van der Waals surface area (Å²) < 4.78 is 4.93. The van der Waals surface area contributed by atoms with Gasteiger partial charge < -0.3 is 15.0 Å². The van der Waals surface area contributed by atoms with E-state index in [0.717, 1.165) is 5.56 Å². The number of carbonyl (C=O) groups excluding carboxylic acids is 3. The fraction of sp³-hybridized carbons (Fsp3) is 0.250. The monoisotopic (exact) mass is 352 g/mol. The second-order valence-electron chi connectivity index (χ2n) is 6.05. The Kier molecular flexibility index (Phi) is 5.02. The molecule has 1 N–H and O–H groups in total. The Labute approximate surface area is 151 Å². The van der Waals surface area contributed by atoms with Gasteiger partial charge in [0.1, 0.15) is 6.04 Å². The van der Waals surface area contributed by atoms with E-state index >= 15 is 0 Å². The van der Waals surface area contributed by atoms with E-state index in [2.05, 4.69) is 5.32 Å². The van der Waals surface area contributed by atoms with E-state index < -0.39 is 12.0 Å². The van der Waals surface area contributed by atoms with Crippen LogP contribution in [0.3, 0.4) is 0 Å². The number of ether oxygens (including phenoxy) is 1. The van der Waals surface area contributed by atoms with Crippen molar-refractivity contribution in [2.45, 2.75) is 26.4 Å². The third kappa shape index (κ3) is 3.44. The molecule has 0 fully saturated rings. The van der Waals surface area contributed by atoms with Crippen LogP contribution >= 0.6 is 0 Å². The molecule has 2 amide bonds. The lowest BCUT2D eigenvalue weighted by Gasteiger charge is -2.23. The van der Waals surface area contributed by atoms with Crippen LogP contribution in [0.5, 0.6) is 0 Å². The maximum Gasteiger partial charge on any atom is 0.338 e. The van der Waals surface area contributed by atoms with Crippen LogP contribution in [-0.2, 0) is 16.1 Å². The minimum absolute atomic E-state index is 0.138. The Bertz CT molecular complexity index is 845. The van der Waals surface area contributed by atoms with Crippen molar-refractivity contribution >= 4 is 23.5 Å². The molecule has 1 aliphatic rings. The Morgan fingerprint density at radius 3 is 2.50 bits per heavy atom. The van der Waals surface area contributed by atoms with Crippen LogP contribution in [-0.4, -0.2) is 35.3 Å². The molecule has 1 heterocycles. The summed E-state index contributed by atoms with van der Waals surface area (Å²) in [4.78, 5) is 38.2. The molecule has 2 aromatic carbocycles. The van der Waals surface area contributed by atoms with Gasteiger partial charge in [-0.1, -0.05) is 18.2 Å². The van der Waals surface area contributed by atoms with Crippen molar-refractivity contribution < 1.29 is 19.1 Å². The van der Waals surface area contributed by atoms with Crippen LogP contribution < -0.4 is 5.32 Å². The molecular formula is C20H20N2O4. The summed E-state index contributed by atoms with van der Waals surface area (Å²) in [6, 6.07) is 13.2. The summed E-state index contributed by atoms with van der Waals surface area (Å²) in [5.41, 5.74) is 2.55. The molecule has 26 heavy (non-hydrogen) atoms. The zero-order chi connectivity index (χ0) is 18.7. The number of carbonyl (C=O) groups is 3. The molecule has 0 aliphatic carbocycles. The number of benzene rings is 2. The number of rotatable bonds is 5. The van der Waals surface area contributed by atoms with Gasteiger partial charge in [-0.3, -0.25) is 9.59 Å². The van der Waals surface area contributed by atoms with Crippen molar-refractivity contribution in [2.75, 3.05) is 11.9 Å². The summed E-state index contributed by atoms with van der Waals surface area (Å²) in [6.45, 7) is 4.17. The first kappa shape index (κ1) is 17.7. The number of esters is 1. The van der Waals surface area contributed by atoms with Gasteiger partial charge >= 0.3 is 5.97 Å². The fourth-order valence-electron chi connectivity index (χ4n) is 2.88. The van der Waals surface area contributed by atoms with E-state index in [0.29, 0.717) is 30.0 Å². The van der Waals surface area contributed by atoms with Gasteiger partial charge in [0.15, 0.2) is 0 Å². The highest BCUT2D eigenvalue weighted by Crippen LogP contribution is 2.24. The molecule has 0 saturated heterocycles. The molecule has 0 spiro atoms. The van der Waals surface area contributed by atoms with Crippen LogP contribution in [0.25, 0.3) is 0 Å². The molecule has 0 radical (unpaired) electrons. The average molecular weight is 352 g/mol. The van der Waals surface area contributed by atoms with Crippen LogP contribution in [0.1, 0.15) is 40.1 Å². The molecular weight excluding hydrogens is 332 g/mol. The highest BCUT2D eigenvalue weighted by atomic mass is 16.5. The Hall–Kier alpha value is -3.15. The molecule has 0 aromatic heterocycles. The first-order chi connectivity index (χ1) is 12.5. The molecule has 6 heteroatoms. The van der Waals surface area contributed by atoms with Gasteiger partial charge in [0.25, 0.3) is 5.91 Å². The molecule has 1 aliphatic heterocycles. The van der Waals surface area contributed by atoms with E-state index in [1.54, 1.807) is 49.1 Å². The first-order valence-electron chi connectivity index (χ1n) is 8.48. The maximum absolute atomic E-state index is 12.5. The predicted octanol–water partition coefficient (Wildman–Crippen LogP) is 2.85. The molecule has 2 aromatic rings. The second-order valence-corrected chi connectivity index (χ2v) is 6.05. The molecule has 134 valence electrons. The van der Waals surface area contributed by atoms with Gasteiger partial charge in [0.2, 0.25) is 5.91 Å². The number of nitrogens with one attached hydrogen (secondary N) is 1. The van der Waals surface area contributed by atoms with Crippen molar-refractivity contribution in [3.05, 3.63) is 65.2 Å². The lowest BCUT2D eigenvalue weighted by atomic mass is 10.1. The van der Waals surface area contributed by atoms with E-state index in [4.69, 9.17) is 4.74 Å². The third-order valence-electron chi connectivity index (χ3n) is 4.36. The van der Waals surface area contributed by atoms with Crippen molar-refractivity contribution in [1.29, 1.82) is 0 Å². The van der Waals surface area contributed by atoms with Crippen molar-refractivity contribution in [3.8, 4) is 0 Å². The summed E-state index contributed by atoms with van der Waals surface area (Å²) >= 11 is 0. The van der Waals surface area contributed by atoms with E-state index in [1.807, 2.05) is 18.2 Å².